The fourth-order valence-electron chi connectivity index (χ4n) is 2.90. The third-order valence-corrected chi connectivity index (χ3v) is 5.85. The van der Waals surface area contributed by atoms with E-state index in [0.717, 1.165) is 10.6 Å². The highest BCUT2D eigenvalue weighted by molar-refractivity contribution is 7.92. The number of sulfonamides is 1. The van der Waals surface area contributed by atoms with Crippen LogP contribution in [0.1, 0.15) is 17.3 Å². The van der Waals surface area contributed by atoms with Crippen LogP contribution in [-0.2, 0) is 19.6 Å². The van der Waals surface area contributed by atoms with Crippen LogP contribution in [0, 0.1) is 0 Å². The van der Waals surface area contributed by atoms with Gasteiger partial charge in [0.25, 0.3) is 0 Å². The fraction of sp³-hybridized carbons (Fsp3) is 0.300. The molecule has 0 aliphatic rings. The Balaban J connectivity index is 2.46. The summed E-state index contributed by atoms with van der Waals surface area (Å²) in [5.74, 6) is -0.886. The molecule has 0 fully saturated rings. The van der Waals surface area contributed by atoms with Gasteiger partial charge in [-0.05, 0) is 31.2 Å². The Hall–Kier alpha value is -2.98. The summed E-state index contributed by atoms with van der Waals surface area (Å²) in [6.07, 6.45) is 0.988. The molecular weight excluding hydrogens is 448 g/mol. The number of nitrogens with one attached hydrogen (secondary N) is 1. The van der Waals surface area contributed by atoms with Gasteiger partial charge in [0.2, 0.25) is 15.9 Å². The highest BCUT2D eigenvalue weighted by Crippen LogP contribution is 2.34. The molecule has 0 unspecified atom stereocenters. The summed E-state index contributed by atoms with van der Waals surface area (Å²) < 4.78 is 41.0. The minimum absolute atomic E-state index is 0.0121. The minimum atomic E-state index is -3.83. The Bertz CT molecular complexity index is 1070. The van der Waals surface area contributed by atoms with E-state index in [1.807, 2.05) is 0 Å². The molecule has 11 heteroatoms. The molecule has 0 heterocycles. The highest BCUT2D eigenvalue weighted by Gasteiger charge is 2.30. The minimum Gasteiger partial charge on any atom is -0.493 e. The molecule has 0 radical (unpaired) electrons. The van der Waals surface area contributed by atoms with Crippen molar-refractivity contribution in [3.05, 3.63) is 47.0 Å². The lowest BCUT2D eigenvalue weighted by Crippen LogP contribution is -2.45. The van der Waals surface area contributed by atoms with Crippen LogP contribution >= 0.6 is 11.6 Å². The molecular formula is C20H23ClN2O7S. The topological polar surface area (TPSA) is 111 Å². The Morgan fingerprint density at radius 3 is 2.06 bits per heavy atom. The number of halogens is 1. The maximum atomic E-state index is 13.0. The summed E-state index contributed by atoms with van der Waals surface area (Å²) in [5.41, 5.74) is 0.346. The molecule has 0 spiro atoms. The maximum Gasteiger partial charge on any atom is 0.340 e. The van der Waals surface area contributed by atoms with Crippen LogP contribution in [0.4, 0.5) is 11.4 Å². The zero-order chi connectivity index (χ0) is 23.3. The monoisotopic (exact) mass is 470 g/mol. The number of carbonyl (C=O) groups excluding carboxylic acids is 2. The van der Waals surface area contributed by atoms with Crippen molar-refractivity contribution in [2.45, 2.75) is 13.0 Å². The zero-order valence-corrected chi connectivity index (χ0v) is 19.2. The number of methoxy groups -OCH3 is 3. The maximum absolute atomic E-state index is 13.0. The first-order chi connectivity index (χ1) is 14.5. The first kappa shape index (κ1) is 24.3. The molecule has 0 aliphatic heterocycles. The van der Waals surface area contributed by atoms with E-state index in [-0.39, 0.29) is 28.4 Å². The van der Waals surface area contributed by atoms with Gasteiger partial charge in [0.05, 0.1) is 44.5 Å². The number of anilines is 2. The van der Waals surface area contributed by atoms with Crippen molar-refractivity contribution in [1.82, 2.24) is 0 Å². The van der Waals surface area contributed by atoms with Gasteiger partial charge in [0.1, 0.15) is 6.04 Å². The van der Waals surface area contributed by atoms with Crippen molar-refractivity contribution in [2.24, 2.45) is 0 Å². The SMILES string of the molecule is COC(=O)c1cc(OC)c(OC)cc1NC(=O)[C@@H](C)N(c1ccc(Cl)cc1)S(C)(=O)=O. The van der Waals surface area contributed by atoms with Gasteiger partial charge >= 0.3 is 5.97 Å². The lowest BCUT2D eigenvalue weighted by atomic mass is 10.1. The number of ether oxygens (including phenoxy) is 3. The summed E-state index contributed by atoms with van der Waals surface area (Å²) >= 11 is 5.88. The molecule has 1 N–H and O–H groups in total. The standard InChI is InChI=1S/C20H23ClN2O7S/c1-12(23(31(5,26)27)14-8-6-13(21)7-9-14)19(24)22-16-11-18(29-3)17(28-2)10-15(16)20(25)30-4/h6-12H,1-5H3,(H,22,24)/t12-/m1/s1. The molecule has 0 bridgehead atoms. The number of hydrogen-bond donors (Lipinski definition) is 1. The number of nitrogens with zero attached hydrogens (tertiary/aromatic N) is 1. The van der Waals surface area contributed by atoms with Gasteiger partial charge in [-0.15, -0.1) is 0 Å². The van der Waals surface area contributed by atoms with Crippen molar-refractivity contribution in [3.8, 4) is 11.5 Å². The van der Waals surface area contributed by atoms with Gasteiger partial charge in [0, 0.05) is 17.2 Å². The molecule has 2 rings (SSSR count). The normalized spacial score (nSPS) is 11.9. The molecule has 1 amide bonds. The van der Waals surface area contributed by atoms with Gasteiger partial charge < -0.3 is 19.5 Å². The number of hydrogen-bond acceptors (Lipinski definition) is 7. The van der Waals surface area contributed by atoms with Gasteiger partial charge in [-0.1, -0.05) is 11.6 Å². The molecule has 1 atom stereocenters. The van der Waals surface area contributed by atoms with Gasteiger partial charge in [-0.2, -0.15) is 0 Å². The summed E-state index contributed by atoms with van der Waals surface area (Å²) in [4.78, 5) is 25.2. The van der Waals surface area contributed by atoms with Crippen LogP contribution in [0.25, 0.3) is 0 Å². The van der Waals surface area contributed by atoms with Crippen LogP contribution in [0.3, 0.4) is 0 Å². The van der Waals surface area contributed by atoms with Gasteiger partial charge in [-0.3, -0.25) is 9.10 Å². The Kier molecular flexibility index (Phi) is 7.75. The molecule has 2 aromatic carbocycles. The second-order valence-corrected chi connectivity index (χ2v) is 8.74. The molecule has 0 saturated carbocycles. The second-order valence-electron chi connectivity index (χ2n) is 6.44. The van der Waals surface area contributed by atoms with Crippen LogP contribution in [0.15, 0.2) is 36.4 Å². The van der Waals surface area contributed by atoms with Crippen LogP contribution in [-0.4, -0.2) is 53.9 Å². The first-order valence-corrected chi connectivity index (χ1v) is 11.2. The zero-order valence-electron chi connectivity index (χ0n) is 17.6. The molecule has 0 aliphatic carbocycles. The van der Waals surface area contributed by atoms with E-state index in [1.165, 1.54) is 64.7 Å². The Morgan fingerprint density at radius 2 is 1.58 bits per heavy atom. The van der Waals surface area contributed by atoms with E-state index in [0.29, 0.717) is 5.02 Å². The van der Waals surface area contributed by atoms with Gasteiger partial charge in [0.15, 0.2) is 11.5 Å². The third-order valence-electron chi connectivity index (χ3n) is 4.36. The number of esters is 1. The van der Waals surface area contributed by atoms with E-state index in [2.05, 4.69) is 5.32 Å². The summed E-state index contributed by atoms with van der Waals surface area (Å²) in [7, 11) is 0.162. The van der Waals surface area contributed by atoms with E-state index >= 15 is 0 Å². The van der Waals surface area contributed by atoms with E-state index in [1.54, 1.807) is 0 Å². The summed E-state index contributed by atoms with van der Waals surface area (Å²) in [5, 5.41) is 3.00. The largest absolute Gasteiger partial charge is 0.493 e. The number of amides is 1. The van der Waals surface area contributed by atoms with E-state index in [9.17, 15) is 18.0 Å². The molecule has 2 aromatic rings. The molecule has 168 valence electrons. The molecule has 0 saturated heterocycles. The second kappa shape index (κ2) is 9.88. The number of carbonyl (C=O) groups is 2. The smallest absolute Gasteiger partial charge is 0.340 e. The lowest BCUT2D eigenvalue weighted by molar-refractivity contribution is -0.116. The average Bonchev–Trinajstić information content (AvgIpc) is 2.73. The summed E-state index contributed by atoms with van der Waals surface area (Å²) in [6.45, 7) is 1.42. The number of rotatable bonds is 8. The van der Waals surface area contributed by atoms with Crippen molar-refractivity contribution in [3.63, 3.8) is 0 Å². The van der Waals surface area contributed by atoms with Crippen molar-refractivity contribution >= 4 is 44.9 Å². The van der Waals surface area contributed by atoms with Crippen molar-refractivity contribution < 1.29 is 32.2 Å². The molecule has 0 aromatic heterocycles. The van der Waals surface area contributed by atoms with Crippen LogP contribution in [0.5, 0.6) is 11.5 Å². The van der Waals surface area contributed by atoms with E-state index in [4.69, 9.17) is 25.8 Å². The fourth-order valence-corrected chi connectivity index (χ4v) is 4.20. The van der Waals surface area contributed by atoms with E-state index < -0.39 is 27.9 Å². The number of benzene rings is 2. The third kappa shape index (κ3) is 5.59. The molecule has 9 nitrogen and oxygen atoms in total. The van der Waals surface area contributed by atoms with Crippen LogP contribution in [0.2, 0.25) is 5.02 Å². The highest BCUT2D eigenvalue weighted by atomic mass is 35.5. The van der Waals surface area contributed by atoms with Gasteiger partial charge in [-0.25, -0.2) is 13.2 Å². The van der Waals surface area contributed by atoms with Crippen molar-refractivity contribution in [2.75, 3.05) is 37.2 Å². The average molecular weight is 471 g/mol. The summed E-state index contributed by atoms with van der Waals surface area (Å²) in [6, 6.07) is 7.61. The first-order valence-electron chi connectivity index (χ1n) is 8.93. The predicted octanol–water partition coefficient (Wildman–Crippen LogP) is 2.94. The van der Waals surface area contributed by atoms with Crippen LogP contribution < -0.4 is 19.1 Å². The lowest BCUT2D eigenvalue weighted by Gasteiger charge is -2.28. The quantitative estimate of drug-likeness (QED) is 0.590. The Labute approximate surface area is 185 Å². The Morgan fingerprint density at radius 1 is 1.03 bits per heavy atom. The van der Waals surface area contributed by atoms with Crippen molar-refractivity contribution in [1.29, 1.82) is 0 Å². The molecule has 31 heavy (non-hydrogen) atoms. The predicted molar refractivity (Wildman–Crippen MR) is 118 cm³/mol.